The summed E-state index contributed by atoms with van der Waals surface area (Å²) in [5.41, 5.74) is 4.11. The van der Waals surface area contributed by atoms with Gasteiger partial charge in [-0.15, -0.1) is 11.8 Å². The Hall–Kier alpha value is -1.21. The lowest BCUT2D eigenvalue weighted by atomic mass is 10.2. The van der Waals surface area contributed by atoms with Gasteiger partial charge in [-0.05, 0) is 0 Å². The van der Waals surface area contributed by atoms with Crippen LogP contribution in [0.5, 0.6) is 0 Å². The summed E-state index contributed by atoms with van der Waals surface area (Å²) in [4.78, 5) is 16.5. The Morgan fingerprint density at radius 1 is 1.62 bits per heavy atom. The molecule has 1 aliphatic heterocycles. The van der Waals surface area contributed by atoms with Gasteiger partial charge >= 0.3 is 5.69 Å². The molecule has 12 heteroatoms. The van der Waals surface area contributed by atoms with E-state index in [-0.39, 0.29) is 12.3 Å². The van der Waals surface area contributed by atoms with Gasteiger partial charge in [0, 0.05) is 5.75 Å². The third-order valence-electron chi connectivity index (χ3n) is 2.15. The predicted molar refractivity (Wildman–Crippen MR) is 73.9 cm³/mol. The van der Waals surface area contributed by atoms with Crippen molar-refractivity contribution in [3.8, 4) is 0 Å². The minimum Gasteiger partial charge on any atom is -0.393 e. The number of hydrogen-bond donors (Lipinski definition) is 4. The number of aromatic amines is 1. The maximum absolute atomic E-state index is 13.6. The number of hydrogen-bond acceptors (Lipinski definition) is 8. The van der Waals surface area contributed by atoms with Gasteiger partial charge in [0.15, 0.2) is 11.6 Å². The molecular formula is C9H14FN3O6S2. The minimum absolute atomic E-state index is 0.0130. The molecule has 2 rings (SSSR count). The van der Waals surface area contributed by atoms with Crippen molar-refractivity contribution in [2.24, 2.45) is 0 Å². The molecule has 0 aliphatic carbocycles. The standard InChI is InChI=1S/C8H10FN3O3S.CH4O3S/c9-5-6(11-8(14)12-7(5)10)3-2-16-4(1-13)15-3;1-5(2,3)4/h3-4,13H,1-2H2,(H3,10,11,12,14);1H3,(H,2,3,4)/t3-,4+;/m1./s1. The smallest absolute Gasteiger partial charge is 0.347 e. The zero-order valence-corrected chi connectivity index (χ0v) is 12.4. The molecule has 9 nitrogen and oxygen atoms in total. The topological polar surface area (TPSA) is 156 Å². The van der Waals surface area contributed by atoms with Crippen molar-refractivity contribution < 1.29 is 27.2 Å². The second-order valence-electron chi connectivity index (χ2n) is 3.96. The number of rotatable bonds is 2. The zero-order valence-electron chi connectivity index (χ0n) is 10.8. The van der Waals surface area contributed by atoms with Gasteiger partial charge in [0.25, 0.3) is 10.1 Å². The average Bonchev–Trinajstić information content (AvgIpc) is 2.80. The van der Waals surface area contributed by atoms with Crippen molar-refractivity contribution >= 4 is 27.7 Å². The second kappa shape index (κ2) is 7.17. The van der Waals surface area contributed by atoms with Crippen LogP contribution < -0.4 is 11.4 Å². The molecule has 1 aromatic rings. The molecule has 120 valence electrons. The molecule has 2 heterocycles. The van der Waals surface area contributed by atoms with E-state index < -0.39 is 39.0 Å². The highest BCUT2D eigenvalue weighted by Crippen LogP contribution is 2.35. The van der Waals surface area contributed by atoms with E-state index >= 15 is 0 Å². The van der Waals surface area contributed by atoms with E-state index in [1.165, 1.54) is 11.8 Å². The number of aromatic nitrogens is 2. The van der Waals surface area contributed by atoms with E-state index in [4.69, 9.17) is 20.1 Å². The summed E-state index contributed by atoms with van der Waals surface area (Å²) in [7, 11) is -3.67. The normalized spacial score (nSPS) is 21.7. The number of nitrogens with one attached hydrogen (secondary N) is 1. The van der Waals surface area contributed by atoms with Crippen molar-refractivity contribution in [2.75, 3.05) is 24.3 Å². The Balaban J connectivity index is 0.000000383. The van der Waals surface area contributed by atoms with Gasteiger partial charge in [-0.25, -0.2) is 9.18 Å². The lowest BCUT2D eigenvalue weighted by Gasteiger charge is -2.11. The number of thioether (sulfide) groups is 1. The molecule has 0 spiro atoms. The van der Waals surface area contributed by atoms with E-state index in [1.54, 1.807) is 0 Å². The molecule has 0 saturated carbocycles. The van der Waals surface area contributed by atoms with Gasteiger partial charge in [-0.2, -0.15) is 13.4 Å². The Labute approximate surface area is 123 Å². The van der Waals surface area contributed by atoms with Crippen molar-refractivity contribution in [3.05, 3.63) is 22.0 Å². The molecule has 0 unspecified atom stereocenters. The van der Waals surface area contributed by atoms with Crippen LogP contribution in [0.15, 0.2) is 4.79 Å². The highest BCUT2D eigenvalue weighted by Gasteiger charge is 2.30. The van der Waals surface area contributed by atoms with Crippen LogP contribution in [0, 0.1) is 5.82 Å². The maximum Gasteiger partial charge on any atom is 0.347 e. The highest BCUT2D eigenvalue weighted by molar-refractivity contribution is 8.00. The third-order valence-corrected chi connectivity index (χ3v) is 3.27. The van der Waals surface area contributed by atoms with Gasteiger partial charge in [0.1, 0.15) is 11.5 Å². The molecular weight excluding hydrogens is 329 g/mol. The molecule has 1 saturated heterocycles. The third kappa shape index (κ3) is 5.97. The minimum atomic E-state index is -3.67. The van der Waals surface area contributed by atoms with E-state index in [1.807, 2.05) is 0 Å². The van der Waals surface area contributed by atoms with Crippen LogP contribution in [0.4, 0.5) is 10.2 Å². The van der Waals surface area contributed by atoms with Gasteiger partial charge in [0.05, 0.1) is 18.6 Å². The Kier molecular flexibility index (Phi) is 6.10. The first-order valence-electron chi connectivity index (χ1n) is 5.47. The first-order chi connectivity index (χ1) is 9.61. The van der Waals surface area contributed by atoms with Gasteiger partial charge in [0.2, 0.25) is 0 Å². The molecule has 1 aliphatic rings. The Morgan fingerprint density at radius 3 is 2.67 bits per heavy atom. The van der Waals surface area contributed by atoms with Crippen molar-refractivity contribution in [2.45, 2.75) is 11.5 Å². The number of halogens is 1. The molecule has 1 fully saturated rings. The number of anilines is 1. The van der Waals surface area contributed by atoms with Crippen molar-refractivity contribution in [1.29, 1.82) is 0 Å². The summed E-state index contributed by atoms with van der Waals surface area (Å²) < 4.78 is 44.7. The quantitative estimate of drug-likeness (QED) is 0.501. The summed E-state index contributed by atoms with van der Waals surface area (Å²) in [6.07, 6.45) is 0.104. The number of nitrogens with zero attached hydrogens (tertiary/aromatic N) is 1. The summed E-state index contributed by atoms with van der Waals surface area (Å²) in [6, 6.07) is 0. The summed E-state index contributed by atoms with van der Waals surface area (Å²) in [5, 5.41) is 8.86. The SMILES string of the molecule is CS(=O)(=O)O.Nc1nc(=O)[nH]c([C@H]2CS[C@@H](CO)O2)c1F. The number of aliphatic hydroxyl groups is 1. The molecule has 0 aromatic carbocycles. The first kappa shape index (κ1) is 17.8. The maximum atomic E-state index is 13.6. The van der Waals surface area contributed by atoms with Crippen LogP contribution in [-0.2, 0) is 14.9 Å². The van der Waals surface area contributed by atoms with Crippen LogP contribution in [0.1, 0.15) is 11.8 Å². The van der Waals surface area contributed by atoms with E-state index in [2.05, 4.69) is 9.97 Å². The van der Waals surface area contributed by atoms with Gasteiger partial charge in [-0.3, -0.25) is 4.55 Å². The predicted octanol–water partition coefficient (Wildman–Crippen LogP) is -0.882. The average molecular weight is 343 g/mol. The molecule has 1 aromatic heterocycles. The fourth-order valence-corrected chi connectivity index (χ4v) is 2.37. The fourth-order valence-electron chi connectivity index (χ4n) is 1.42. The van der Waals surface area contributed by atoms with Crippen LogP contribution in [0.3, 0.4) is 0 Å². The monoisotopic (exact) mass is 343 g/mol. The van der Waals surface area contributed by atoms with Gasteiger partial charge < -0.3 is 20.6 Å². The molecule has 0 bridgehead atoms. The fraction of sp³-hybridized carbons (Fsp3) is 0.556. The highest BCUT2D eigenvalue weighted by atomic mass is 32.2. The van der Waals surface area contributed by atoms with Crippen molar-refractivity contribution in [3.63, 3.8) is 0 Å². The number of nitrogens with two attached hydrogens (primary N) is 1. The van der Waals surface area contributed by atoms with E-state index in [0.29, 0.717) is 12.0 Å². The van der Waals surface area contributed by atoms with Gasteiger partial charge in [-0.1, -0.05) is 0 Å². The summed E-state index contributed by atoms with van der Waals surface area (Å²) in [5.74, 6) is -0.773. The lowest BCUT2D eigenvalue weighted by Crippen LogP contribution is -2.21. The molecule has 21 heavy (non-hydrogen) atoms. The zero-order chi connectivity index (χ0) is 16.2. The van der Waals surface area contributed by atoms with Crippen LogP contribution >= 0.6 is 11.8 Å². The number of ether oxygens (including phenoxy) is 1. The molecule has 0 amide bonds. The molecule has 2 atom stereocenters. The first-order valence-corrected chi connectivity index (χ1v) is 8.37. The number of aliphatic hydroxyl groups excluding tert-OH is 1. The van der Waals surface area contributed by atoms with Crippen molar-refractivity contribution in [1.82, 2.24) is 9.97 Å². The second-order valence-corrected chi connectivity index (χ2v) is 6.62. The largest absolute Gasteiger partial charge is 0.393 e. The van der Waals surface area contributed by atoms with Crippen LogP contribution in [0.2, 0.25) is 0 Å². The van der Waals surface area contributed by atoms with Crippen LogP contribution in [0.25, 0.3) is 0 Å². The lowest BCUT2D eigenvalue weighted by molar-refractivity contribution is 0.0303. The summed E-state index contributed by atoms with van der Waals surface area (Å²) >= 11 is 1.34. The Morgan fingerprint density at radius 2 is 2.19 bits per heavy atom. The van der Waals surface area contributed by atoms with E-state index in [0.717, 1.165) is 0 Å². The van der Waals surface area contributed by atoms with Crippen LogP contribution in [-0.4, -0.2) is 52.1 Å². The number of H-pyrrole nitrogens is 1. The Bertz CT molecular complexity index is 641. The molecule has 0 radical (unpaired) electrons. The number of nitrogen functional groups attached to an aromatic ring is 1. The van der Waals surface area contributed by atoms with E-state index in [9.17, 15) is 17.6 Å². The molecule has 5 N–H and O–H groups in total. The summed E-state index contributed by atoms with van der Waals surface area (Å²) in [6.45, 7) is -0.159.